The molecule has 1 unspecified atom stereocenters. The van der Waals surface area contributed by atoms with Gasteiger partial charge in [0.1, 0.15) is 0 Å². The number of amides is 2. The molecule has 5 heteroatoms. The summed E-state index contributed by atoms with van der Waals surface area (Å²) in [7, 11) is 0. The van der Waals surface area contributed by atoms with Crippen molar-refractivity contribution < 1.29 is 9.59 Å². The van der Waals surface area contributed by atoms with Crippen molar-refractivity contribution in [3.8, 4) is 0 Å². The van der Waals surface area contributed by atoms with Gasteiger partial charge in [-0.2, -0.15) is 0 Å². The Morgan fingerprint density at radius 2 is 1.35 bits per heavy atom. The maximum atomic E-state index is 12.4. The number of aryl methyl sites for hydroxylation is 1. The molecule has 0 aliphatic heterocycles. The molecule has 2 aromatic rings. The molecule has 0 saturated carbocycles. The standard InChI is InChI=1S/C18H19N3O2/c1-12-8-10-15(11-9-12)21-18(23)16(13(2)19)17(22)20-14-6-4-3-5-7-14/h3-11,16,19H,1-2H3,(H,20,22)(H,21,23). The van der Waals surface area contributed by atoms with Crippen LogP contribution in [0.5, 0.6) is 0 Å². The molecule has 0 spiro atoms. The number of carbonyl (C=O) groups excluding carboxylic acids is 2. The first-order valence-corrected chi connectivity index (χ1v) is 7.26. The predicted molar refractivity (Wildman–Crippen MR) is 91.8 cm³/mol. The monoisotopic (exact) mass is 309 g/mol. The van der Waals surface area contributed by atoms with Crippen LogP contribution in [0.1, 0.15) is 12.5 Å². The molecule has 5 nitrogen and oxygen atoms in total. The largest absolute Gasteiger partial charge is 0.325 e. The van der Waals surface area contributed by atoms with Gasteiger partial charge in [0.05, 0.1) is 0 Å². The summed E-state index contributed by atoms with van der Waals surface area (Å²) in [4.78, 5) is 24.7. The Balaban J connectivity index is 2.10. The van der Waals surface area contributed by atoms with Crippen molar-refractivity contribution in [2.45, 2.75) is 13.8 Å². The van der Waals surface area contributed by atoms with Crippen molar-refractivity contribution in [3.05, 3.63) is 60.2 Å². The summed E-state index contributed by atoms with van der Waals surface area (Å²) in [6, 6.07) is 16.1. The van der Waals surface area contributed by atoms with Gasteiger partial charge in [-0.05, 0) is 38.1 Å². The van der Waals surface area contributed by atoms with Gasteiger partial charge in [-0.3, -0.25) is 9.59 Å². The molecule has 23 heavy (non-hydrogen) atoms. The third kappa shape index (κ3) is 4.51. The van der Waals surface area contributed by atoms with E-state index in [2.05, 4.69) is 10.6 Å². The Kier molecular flexibility index (Phi) is 5.25. The zero-order valence-electron chi connectivity index (χ0n) is 13.1. The second kappa shape index (κ2) is 7.35. The Labute approximate surface area is 135 Å². The Bertz CT molecular complexity index is 709. The van der Waals surface area contributed by atoms with Crippen LogP contribution in [-0.4, -0.2) is 17.5 Å². The first-order chi connectivity index (χ1) is 11.0. The van der Waals surface area contributed by atoms with Gasteiger partial charge < -0.3 is 16.0 Å². The highest BCUT2D eigenvalue weighted by atomic mass is 16.2. The quantitative estimate of drug-likeness (QED) is 0.585. The third-order valence-electron chi connectivity index (χ3n) is 3.32. The lowest BCUT2D eigenvalue weighted by Gasteiger charge is -2.16. The molecule has 2 aromatic carbocycles. The number of anilines is 2. The lowest BCUT2D eigenvalue weighted by Crippen LogP contribution is -2.38. The van der Waals surface area contributed by atoms with E-state index in [0.717, 1.165) is 5.56 Å². The van der Waals surface area contributed by atoms with E-state index in [1.54, 1.807) is 36.4 Å². The SMILES string of the molecule is CC(=N)C(C(=O)Nc1ccccc1)C(=O)Nc1ccc(C)cc1. The molecule has 0 radical (unpaired) electrons. The van der Waals surface area contributed by atoms with Gasteiger partial charge in [-0.15, -0.1) is 0 Å². The summed E-state index contributed by atoms with van der Waals surface area (Å²) in [5, 5.41) is 13.1. The highest BCUT2D eigenvalue weighted by molar-refractivity contribution is 6.24. The number of nitrogens with one attached hydrogen (secondary N) is 3. The van der Waals surface area contributed by atoms with Crippen molar-refractivity contribution in [1.29, 1.82) is 5.41 Å². The summed E-state index contributed by atoms with van der Waals surface area (Å²) in [6.45, 7) is 3.40. The molecule has 1 atom stereocenters. The van der Waals surface area contributed by atoms with E-state index >= 15 is 0 Å². The summed E-state index contributed by atoms with van der Waals surface area (Å²) >= 11 is 0. The van der Waals surface area contributed by atoms with Gasteiger partial charge >= 0.3 is 0 Å². The molecule has 0 saturated heterocycles. The molecule has 0 aromatic heterocycles. The molecule has 0 fully saturated rings. The number of carbonyl (C=O) groups is 2. The van der Waals surface area contributed by atoms with E-state index in [9.17, 15) is 9.59 Å². The van der Waals surface area contributed by atoms with Crippen LogP contribution in [0.4, 0.5) is 11.4 Å². The normalized spacial score (nSPS) is 11.4. The predicted octanol–water partition coefficient (Wildman–Crippen LogP) is 3.23. The number of hydrogen-bond acceptors (Lipinski definition) is 3. The zero-order chi connectivity index (χ0) is 16.8. The fourth-order valence-electron chi connectivity index (χ4n) is 2.10. The highest BCUT2D eigenvalue weighted by Crippen LogP contribution is 2.13. The summed E-state index contributed by atoms with van der Waals surface area (Å²) < 4.78 is 0. The minimum Gasteiger partial charge on any atom is -0.325 e. The highest BCUT2D eigenvalue weighted by Gasteiger charge is 2.29. The second-order valence-corrected chi connectivity index (χ2v) is 5.33. The van der Waals surface area contributed by atoms with Gasteiger partial charge in [0, 0.05) is 17.1 Å². The van der Waals surface area contributed by atoms with Crippen LogP contribution < -0.4 is 10.6 Å². The Morgan fingerprint density at radius 1 is 0.870 bits per heavy atom. The van der Waals surface area contributed by atoms with Crippen molar-refractivity contribution >= 4 is 28.9 Å². The second-order valence-electron chi connectivity index (χ2n) is 5.33. The lowest BCUT2D eigenvalue weighted by atomic mass is 10.0. The Morgan fingerprint density at radius 3 is 1.83 bits per heavy atom. The first-order valence-electron chi connectivity index (χ1n) is 7.26. The molecular formula is C18H19N3O2. The average Bonchev–Trinajstić information content (AvgIpc) is 2.50. The average molecular weight is 309 g/mol. The van der Waals surface area contributed by atoms with E-state index in [0.29, 0.717) is 11.4 Å². The van der Waals surface area contributed by atoms with Crippen LogP contribution in [0.15, 0.2) is 54.6 Å². The fourth-order valence-corrected chi connectivity index (χ4v) is 2.10. The molecule has 2 rings (SSSR count). The van der Waals surface area contributed by atoms with Gasteiger partial charge in [0.2, 0.25) is 11.8 Å². The number of hydrogen-bond donors (Lipinski definition) is 3. The zero-order valence-corrected chi connectivity index (χ0v) is 13.1. The van der Waals surface area contributed by atoms with Crippen molar-refractivity contribution in [3.63, 3.8) is 0 Å². The van der Waals surface area contributed by atoms with E-state index in [-0.39, 0.29) is 5.71 Å². The smallest absolute Gasteiger partial charge is 0.242 e. The molecule has 118 valence electrons. The molecule has 0 aliphatic carbocycles. The molecular weight excluding hydrogens is 290 g/mol. The van der Waals surface area contributed by atoms with Gasteiger partial charge in [0.15, 0.2) is 5.92 Å². The van der Waals surface area contributed by atoms with E-state index in [4.69, 9.17) is 5.41 Å². The third-order valence-corrected chi connectivity index (χ3v) is 3.32. The summed E-state index contributed by atoms with van der Waals surface area (Å²) in [5.41, 5.74) is 2.25. The van der Waals surface area contributed by atoms with E-state index < -0.39 is 17.7 Å². The molecule has 0 bridgehead atoms. The summed E-state index contributed by atoms with van der Waals surface area (Å²) in [6.07, 6.45) is 0. The van der Waals surface area contributed by atoms with Gasteiger partial charge in [-0.1, -0.05) is 35.9 Å². The van der Waals surface area contributed by atoms with Crippen LogP contribution >= 0.6 is 0 Å². The molecule has 0 aliphatic rings. The number of benzene rings is 2. The van der Waals surface area contributed by atoms with Crippen LogP contribution in [-0.2, 0) is 9.59 Å². The Hall–Kier alpha value is -2.95. The van der Waals surface area contributed by atoms with E-state index in [1.807, 2.05) is 25.1 Å². The molecule has 0 heterocycles. The molecule has 2 amide bonds. The maximum absolute atomic E-state index is 12.4. The van der Waals surface area contributed by atoms with E-state index in [1.165, 1.54) is 6.92 Å². The van der Waals surface area contributed by atoms with Crippen LogP contribution in [0.2, 0.25) is 0 Å². The minimum atomic E-state index is -1.17. The van der Waals surface area contributed by atoms with Crippen LogP contribution in [0.3, 0.4) is 0 Å². The van der Waals surface area contributed by atoms with Crippen molar-refractivity contribution in [2.75, 3.05) is 10.6 Å². The van der Waals surface area contributed by atoms with Crippen molar-refractivity contribution in [2.24, 2.45) is 5.92 Å². The minimum absolute atomic E-state index is 0.0111. The van der Waals surface area contributed by atoms with Gasteiger partial charge in [-0.25, -0.2) is 0 Å². The van der Waals surface area contributed by atoms with Crippen LogP contribution in [0.25, 0.3) is 0 Å². The molecule has 3 N–H and O–H groups in total. The lowest BCUT2D eigenvalue weighted by molar-refractivity contribution is -0.126. The topological polar surface area (TPSA) is 82.1 Å². The summed E-state index contributed by atoms with van der Waals surface area (Å²) in [5.74, 6) is -2.21. The van der Waals surface area contributed by atoms with Crippen LogP contribution in [0, 0.1) is 18.3 Å². The number of rotatable bonds is 5. The first kappa shape index (κ1) is 16.4. The fraction of sp³-hybridized carbons (Fsp3) is 0.167. The van der Waals surface area contributed by atoms with Gasteiger partial charge in [0.25, 0.3) is 0 Å². The number of para-hydroxylation sites is 1. The van der Waals surface area contributed by atoms with Crippen molar-refractivity contribution in [1.82, 2.24) is 0 Å². The maximum Gasteiger partial charge on any atom is 0.242 e.